The van der Waals surface area contributed by atoms with E-state index in [9.17, 15) is 8.42 Å². The second-order valence-corrected chi connectivity index (χ2v) is 6.00. The number of benzene rings is 1. The van der Waals surface area contributed by atoms with E-state index < -0.39 is 10.0 Å². The van der Waals surface area contributed by atoms with Gasteiger partial charge in [0.05, 0.1) is 0 Å². The summed E-state index contributed by atoms with van der Waals surface area (Å²) in [5.41, 5.74) is 1.88. The average molecular weight is 297 g/mol. The fourth-order valence-corrected chi connectivity index (χ4v) is 2.67. The van der Waals surface area contributed by atoms with Gasteiger partial charge in [-0.15, -0.1) is 11.6 Å². The Morgan fingerprint density at radius 3 is 2.37 bits per heavy atom. The number of sulfonamides is 1. The van der Waals surface area contributed by atoms with Crippen LogP contribution in [0.5, 0.6) is 0 Å². The van der Waals surface area contributed by atoms with Crippen LogP contribution < -0.4 is 4.72 Å². The summed E-state index contributed by atoms with van der Waals surface area (Å²) in [7, 11) is -3.51. The molecule has 0 saturated heterocycles. The van der Waals surface area contributed by atoms with Crippen molar-refractivity contribution in [2.24, 2.45) is 0 Å². The van der Waals surface area contributed by atoms with Crippen LogP contribution in [0.3, 0.4) is 0 Å². The highest BCUT2D eigenvalue weighted by Gasteiger charge is 2.13. The van der Waals surface area contributed by atoms with E-state index in [2.05, 4.69) is 9.71 Å². The molecule has 1 aromatic carbocycles. The lowest BCUT2D eigenvalue weighted by Gasteiger charge is -2.06. The molecule has 0 aliphatic carbocycles. The number of halogens is 1. The maximum Gasteiger partial charge on any atom is 0.242 e. The van der Waals surface area contributed by atoms with Crippen molar-refractivity contribution in [3.8, 4) is 0 Å². The van der Waals surface area contributed by atoms with Gasteiger partial charge >= 0.3 is 0 Å². The van der Waals surface area contributed by atoms with Crippen LogP contribution in [0.1, 0.15) is 11.1 Å². The summed E-state index contributed by atoms with van der Waals surface area (Å²) in [6, 6.07) is 10.5. The number of rotatable bonds is 5. The van der Waals surface area contributed by atoms with E-state index in [0.29, 0.717) is 5.88 Å². The third-order valence-corrected chi connectivity index (χ3v) is 4.28. The fraction of sp³-hybridized carbons (Fsp3) is 0.154. The summed E-state index contributed by atoms with van der Waals surface area (Å²) in [4.78, 5) is 3.95. The molecule has 0 radical (unpaired) electrons. The Balaban J connectivity index is 2.05. The van der Waals surface area contributed by atoms with E-state index in [-0.39, 0.29) is 11.4 Å². The molecule has 1 aromatic heterocycles. The first kappa shape index (κ1) is 14.0. The van der Waals surface area contributed by atoms with Crippen molar-refractivity contribution in [3.63, 3.8) is 0 Å². The molecule has 0 aliphatic heterocycles. The normalized spacial score (nSPS) is 11.4. The van der Waals surface area contributed by atoms with Crippen molar-refractivity contribution in [2.75, 3.05) is 0 Å². The molecule has 2 rings (SSSR count). The van der Waals surface area contributed by atoms with Crippen LogP contribution in [0, 0.1) is 0 Å². The number of pyridine rings is 1. The molecule has 19 heavy (non-hydrogen) atoms. The number of alkyl halides is 1. The van der Waals surface area contributed by atoms with Crippen LogP contribution in [-0.4, -0.2) is 13.4 Å². The van der Waals surface area contributed by atoms with Gasteiger partial charge in [0.25, 0.3) is 0 Å². The summed E-state index contributed by atoms with van der Waals surface area (Å²) in [6.07, 6.45) is 2.85. The minimum atomic E-state index is -3.51. The molecule has 0 aliphatic rings. The molecule has 0 bridgehead atoms. The van der Waals surface area contributed by atoms with Crippen molar-refractivity contribution in [1.82, 2.24) is 9.71 Å². The lowest BCUT2D eigenvalue weighted by molar-refractivity contribution is 0.581. The van der Waals surface area contributed by atoms with Crippen molar-refractivity contribution < 1.29 is 8.42 Å². The van der Waals surface area contributed by atoms with E-state index in [1.165, 1.54) is 18.5 Å². The van der Waals surface area contributed by atoms with Crippen LogP contribution in [0.2, 0.25) is 0 Å². The summed E-state index contributed by atoms with van der Waals surface area (Å²) in [5.74, 6) is 0.446. The Kier molecular flexibility index (Phi) is 4.52. The first-order valence-corrected chi connectivity index (χ1v) is 7.67. The van der Waals surface area contributed by atoms with Gasteiger partial charge in [0, 0.05) is 24.8 Å². The summed E-state index contributed by atoms with van der Waals surface area (Å²) >= 11 is 5.69. The second kappa shape index (κ2) is 6.14. The van der Waals surface area contributed by atoms with E-state index >= 15 is 0 Å². The monoisotopic (exact) mass is 296 g/mol. The molecule has 0 fully saturated rings. The molecule has 0 unspecified atom stereocenters. The average Bonchev–Trinajstić information content (AvgIpc) is 2.47. The molecule has 1 heterocycles. The molecule has 4 nitrogen and oxygen atoms in total. The minimum absolute atomic E-state index is 0.160. The Morgan fingerprint density at radius 1 is 1.11 bits per heavy atom. The third kappa shape index (κ3) is 3.76. The molecule has 1 N–H and O–H groups in total. The van der Waals surface area contributed by atoms with E-state index in [4.69, 9.17) is 11.6 Å². The van der Waals surface area contributed by atoms with Gasteiger partial charge in [-0.1, -0.05) is 24.3 Å². The highest BCUT2D eigenvalue weighted by molar-refractivity contribution is 7.89. The Hall–Kier alpha value is -1.43. The predicted molar refractivity (Wildman–Crippen MR) is 74.3 cm³/mol. The van der Waals surface area contributed by atoms with Crippen LogP contribution in [0.4, 0.5) is 0 Å². The smallest absolute Gasteiger partial charge is 0.242 e. The van der Waals surface area contributed by atoms with Crippen LogP contribution in [0.25, 0.3) is 0 Å². The molecular weight excluding hydrogens is 284 g/mol. The Labute approximate surface area is 117 Å². The number of aromatic nitrogens is 1. The van der Waals surface area contributed by atoms with E-state index in [1.807, 2.05) is 24.3 Å². The van der Waals surface area contributed by atoms with Gasteiger partial charge in [-0.05, 0) is 23.3 Å². The van der Waals surface area contributed by atoms with Gasteiger partial charge in [0.15, 0.2) is 0 Å². The van der Waals surface area contributed by atoms with Gasteiger partial charge in [-0.3, -0.25) is 4.98 Å². The molecule has 6 heteroatoms. The summed E-state index contributed by atoms with van der Waals surface area (Å²) in [5, 5.41) is 0. The standard InChI is InChI=1S/C13H13ClN2O2S/c14-8-11-3-5-12(6-4-11)9-16-19(17,18)13-2-1-7-15-10-13/h1-7,10,16H,8-9H2. The molecule has 0 atom stereocenters. The lowest BCUT2D eigenvalue weighted by Crippen LogP contribution is -2.23. The molecule has 100 valence electrons. The number of nitrogens with one attached hydrogen (secondary N) is 1. The molecular formula is C13H13ClN2O2S. The van der Waals surface area contributed by atoms with Gasteiger partial charge in [-0.2, -0.15) is 0 Å². The van der Waals surface area contributed by atoms with Crippen molar-refractivity contribution in [2.45, 2.75) is 17.3 Å². The van der Waals surface area contributed by atoms with Gasteiger partial charge in [0.2, 0.25) is 10.0 Å². The molecule has 0 saturated carbocycles. The molecule has 0 amide bonds. The minimum Gasteiger partial charge on any atom is -0.263 e. The van der Waals surface area contributed by atoms with Crippen LogP contribution >= 0.6 is 11.6 Å². The largest absolute Gasteiger partial charge is 0.263 e. The lowest BCUT2D eigenvalue weighted by atomic mass is 10.1. The predicted octanol–water partition coefficient (Wildman–Crippen LogP) is 2.30. The SMILES string of the molecule is O=S(=O)(NCc1ccc(CCl)cc1)c1cccnc1. The number of nitrogens with zero attached hydrogens (tertiary/aromatic N) is 1. The third-order valence-electron chi connectivity index (χ3n) is 2.59. The van der Waals surface area contributed by atoms with Crippen molar-refractivity contribution >= 4 is 21.6 Å². The van der Waals surface area contributed by atoms with Crippen LogP contribution in [0.15, 0.2) is 53.7 Å². The Morgan fingerprint density at radius 2 is 1.79 bits per heavy atom. The maximum absolute atomic E-state index is 12.0. The number of hydrogen-bond donors (Lipinski definition) is 1. The van der Waals surface area contributed by atoms with Crippen molar-refractivity contribution in [3.05, 3.63) is 59.9 Å². The molecule has 0 spiro atoms. The first-order chi connectivity index (χ1) is 9.12. The van der Waals surface area contributed by atoms with Gasteiger partial charge in [-0.25, -0.2) is 13.1 Å². The first-order valence-electron chi connectivity index (χ1n) is 5.65. The second-order valence-electron chi connectivity index (χ2n) is 3.96. The topological polar surface area (TPSA) is 59.1 Å². The zero-order valence-corrected chi connectivity index (χ0v) is 11.7. The quantitative estimate of drug-likeness (QED) is 0.861. The summed E-state index contributed by atoms with van der Waals surface area (Å²) < 4.78 is 26.4. The highest BCUT2D eigenvalue weighted by Crippen LogP contribution is 2.09. The fourth-order valence-electron chi connectivity index (χ4n) is 1.51. The Bertz CT molecular complexity index is 627. The van der Waals surface area contributed by atoms with E-state index in [1.54, 1.807) is 6.07 Å². The highest BCUT2D eigenvalue weighted by atomic mass is 35.5. The zero-order chi connectivity index (χ0) is 13.7. The summed E-state index contributed by atoms with van der Waals surface area (Å²) in [6.45, 7) is 0.236. The van der Waals surface area contributed by atoms with E-state index in [0.717, 1.165) is 11.1 Å². The van der Waals surface area contributed by atoms with Gasteiger partial charge in [0.1, 0.15) is 4.90 Å². The molecule has 2 aromatic rings. The van der Waals surface area contributed by atoms with Crippen molar-refractivity contribution in [1.29, 1.82) is 0 Å². The van der Waals surface area contributed by atoms with Crippen LogP contribution in [-0.2, 0) is 22.4 Å². The van der Waals surface area contributed by atoms with Gasteiger partial charge < -0.3 is 0 Å². The zero-order valence-electron chi connectivity index (χ0n) is 10.1. The maximum atomic E-state index is 12.0. The number of hydrogen-bond acceptors (Lipinski definition) is 3.